The number of rotatable bonds is 7. The Morgan fingerprint density at radius 3 is 2.73 bits per heavy atom. The van der Waals surface area contributed by atoms with Gasteiger partial charge in [-0.05, 0) is 50.1 Å². The van der Waals surface area contributed by atoms with Gasteiger partial charge in [0.25, 0.3) is 5.91 Å². The highest BCUT2D eigenvalue weighted by Gasteiger charge is 2.12. The fourth-order valence-corrected chi connectivity index (χ4v) is 2.70. The molecular formula is C20H23N5O. The lowest BCUT2D eigenvalue weighted by atomic mass is 10.0. The SMILES string of the molecule is Cc1ccc(-c2cn(CCCCN)nn2)cc1C(=O)Nc1ccccc1. The molecule has 26 heavy (non-hydrogen) atoms. The lowest BCUT2D eigenvalue weighted by molar-refractivity contribution is 0.102. The van der Waals surface area contributed by atoms with Crippen LogP contribution in [-0.4, -0.2) is 27.4 Å². The van der Waals surface area contributed by atoms with E-state index in [-0.39, 0.29) is 5.91 Å². The van der Waals surface area contributed by atoms with Gasteiger partial charge in [0.2, 0.25) is 0 Å². The lowest BCUT2D eigenvalue weighted by Gasteiger charge is -2.09. The van der Waals surface area contributed by atoms with Gasteiger partial charge in [0, 0.05) is 23.4 Å². The fraction of sp³-hybridized carbons (Fsp3) is 0.250. The molecule has 2 aromatic carbocycles. The van der Waals surface area contributed by atoms with Crippen molar-refractivity contribution in [2.75, 3.05) is 11.9 Å². The van der Waals surface area contributed by atoms with Crippen LogP contribution in [0.5, 0.6) is 0 Å². The summed E-state index contributed by atoms with van der Waals surface area (Å²) in [5.74, 6) is -0.133. The second-order valence-electron chi connectivity index (χ2n) is 6.21. The smallest absolute Gasteiger partial charge is 0.255 e. The molecule has 0 aliphatic carbocycles. The lowest BCUT2D eigenvalue weighted by Crippen LogP contribution is -2.13. The van der Waals surface area contributed by atoms with Gasteiger partial charge >= 0.3 is 0 Å². The van der Waals surface area contributed by atoms with Crippen molar-refractivity contribution in [2.24, 2.45) is 5.73 Å². The van der Waals surface area contributed by atoms with Crippen LogP contribution >= 0.6 is 0 Å². The predicted octanol–water partition coefficient (Wildman–Crippen LogP) is 3.24. The summed E-state index contributed by atoms with van der Waals surface area (Å²) in [4.78, 5) is 12.6. The van der Waals surface area contributed by atoms with E-state index in [1.807, 2.05) is 66.3 Å². The van der Waals surface area contributed by atoms with Crippen molar-refractivity contribution in [1.29, 1.82) is 0 Å². The molecule has 6 heteroatoms. The minimum absolute atomic E-state index is 0.133. The summed E-state index contributed by atoms with van der Waals surface area (Å²) in [6.45, 7) is 3.39. The minimum atomic E-state index is -0.133. The number of hydrogen-bond donors (Lipinski definition) is 2. The van der Waals surface area contributed by atoms with Crippen LogP contribution < -0.4 is 11.1 Å². The van der Waals surface area contributed by atoms with Gasteiger partial charge in [0.05, 0.1) is 6.20 Å². The Labute approximate surface area is 153 Å². The maximum Gasteiger partial charge on any atom is 0.255 e. The zero-order valence-electron chi connectivity index (χ0n) is 14.9. The van der Waals surface area contributed by atoms with Crippen molar-refractivity contribution in [2.45, 2.75) is 26.3 Å². The maximum atomic E-state index is 12.6. The van der Waals surface area contributed by atoms with Gasteiger partial charge in [0.15, 0.2) is 0 Å². The first-order valence-corrected chi connectivity index (χ1v) is 8.75. The number of nitrogens with zero attached hydrogens (tertiary/aromatic N) is 3. The van der Waals surface area contributed by atoms with Gasteiger partial charge in [-0.25, -0.2) is 0 Å². The number of carbonyl (C=O) groups is 1. The van der Waals surface area contributed by atoms with Crippen molar-refractivity contribution < 1.29 is 4.79 Å². The number of para-hydroxylation sites is 1. The molecule has 1 aromatic heterocycles. The maximum absolute atomic E-state index is 12.6. The number of amides is 1. The van der Waals surface area contributed by atoms with E-state index in [2.05, 4.69) is 15.6 Å². The van der Waals surface area contributed by atoms with Crippen LogP contribution in [0.4, 0.5) is 5.69 Å². The quantitative estimate of drug-likeness (QED) is 0.641. The molecule has 0 saturated heterocycles. The summed E-state index contributed by atoms with van der Waals surface area (Å²) in [6.07, 6.45) is 3.83. The van der Waals surface area contributed by atoms with Gasteiger partial charge in [-0.15, -0.1) is 5.10 Å². The zero-order chi connectivity index (χ0) is 18.4. The van der Waals surface area contributed by atoms with Crippen LogP contribution in [-0.2, 0) is 6.54 Å². The number of anilines is 1. The Bertz CT molecular complexity index is 873. The van der Waals surface area contributed by atoms with E-state index in [1.54, 1.807) is 0 Å². The van der Waals surface area contributed by atoms with E-state index in [0.717, 1.165) is 41.9 Å². The summed E-state index contributed by atoms with van der Waals surface area (Å²) in [5.41, 5.74) is 9.46. The topological polar surface area (TPSA) is 85.8 Å². The Morgan fingerprint density at radius 2 is 1.96 bits per heavy atom. The van der Waals surface area contributed by atoms with Crippen molar-refractivity contribution in [3.8, 4) is 11.3 Å². The van der Waals surface area contributed by atoms with Gasteiger partial charge in [-0.3, -0.25) is 9.48 Å². The van der Waals surface area contributed by atoms with Gasteiger partial charge in [-0.1, -0.05) is 35.5 Å². The summed E-state index contributed by atoms with van der Waals surface area (Å²) in [7, 11) is 0. The molecule has 0 saturated carbocycles. The fourth-order valence-electron chi connectivity index (χ4n) is 2.70. The minimum Gasteiger partial charge on any atom is -0.330 e. The molecule has 0 bridgehead atoms. The third kappa shape index (κ3) is 4.34. The summed E-state index contributed by atoms with van der Waals surface area (Å²) >= 11 is 0. The Morgan fingerprint density at radius 1 is 1.15 bits per heavy atom. The van der Waals surface area contributed by atoms with Crippen LogP contribution in [0, 0.1) is 6.92 Å². The molecule has 6 nitrogen and oxygen atoms in total. The Hall–Kier alpha value is -2.99. The normalized spacial score (nSPS) is 10.7. The molecule has 1 amide bonds. The van der Waals surface area contributed by atoms with E-state index >= 15 is 0 Å². The van der Waals surface area contributed by atoms with Crippen LogP contribution in [0.3, 0.4) is 0 Å². The van der Waals surface area contributed by atoms with Gasteiger partial charge in [0.1, 0.15) is 5.69 Å². The van der Waals surface area contributed by atoms with E-state index in [0.29, 0.717) is 12.1 Å². The number of nitrogens with two attached hydrogens (primary N) is 1. The number of hydrogen-bond acceptors (Lipinski definition) is 4. The first kappa shape index (κ1) is 17.8. The second kappa shape index (κ2) is 8.40. The van der Waals surface area contributed by atoms with Gasteiger partial charge < -0.3 is 11.1 Å². The standard InChI is InChI=1S/C20H23N5O/c1-15-9-10-16(19-14-25(24-23-19)12-6-5-11-21)13-18(15)20(26)22-17-7-3-2-4-8-17/h2-4,7-10,13-14H,5-6,11-12,21H2,1H3,(H,22,26). The third-order valence-electron chi connectivity index (χ3n) is 4.19. The average molecular weight is 349 g/mol. The highest BCUT2D eigenvalue weighted by molar-refractivity contribution is 6.05. The molecule has 0 aliphatic heterocycles. The van der Waals surface area contributed by atoms with E-state index in [9.17, 15) is 4.79 Å². The van der Waals surface area contributed by atoms with E-state index < -0.39 is 0 Å². The molecule has 0 aliphatic rings. The number of benzene rings is 2. The molecule has 0 radical (unpaired) electrons. The number of carbonyl (C=O) groups excluding carboxylic acids is 1. The van der Waals surface area contributed by atoms with Crippen molar-refractivity contribution in [3.63, 3.8) is 0 Å². The highest BCUT2D eigenvalue weighted by Crippen LogP contribution is 2.21. The molecule has 3 N–H and O–H groups in total. The van der Waals surface area contributed by atoms with Crippen molar-refractivity contribution in [1.82, 2.24) is 15.0 Å². The van der Waals surface area contributed by atoms with Crippen LogP contribution in [0.2, 0.25) is 0 Å². The summed E-state index contributed by atoms with van der Waals surface area (Å²) in [5, 5.41) is 11.3. The molecule has 1 heterocycles. The van der Waals surface area contributed by atoms with Crippen LogP contribution in [0.25, 0.3) is 11.3 Å². The average Bonchev–Trinajstić information content (AvgIpc) is 3.12. The summed E-state index contributed by atoms with van der Waals surface area (Å²) in [6, 6.07) is 15.2. The molecular weight excluding hydrogens is 326 g/mol. The number of nitrogens with one attached hydrogen (secondary N) is 1. The molecule has 0 fully saturated rings. The highest BCUT2D eigenvalue weighted by atomic mass is 16.1. The van der Waals surface area contributed by atoms with Crippen LogP contribution in [0.15, 0.2) is 54.7 Å². The number of unbranched alkanes of at least 4 members (excludes halogenated alkanes) is 1. The zero-order valence-corrected chi connectivity index (χ0v) is 14.9. The molecule has 0 spiro atoms. The number of aromatic nitrogens is 3. The molecule has 0 unspecified atom stereocenters. The van der Waals surface area contributed by atoms with Crippen molar-refractivity contribution in [3.05, 3.63) is 65.9 Å². The van der Waals surface area contributed by atoms with Crippen LogP contribution in [0.1, 0.15) is 28.8 Å². The second-order valence-corrected chi connectivity index (χ2v) is 6.21. The largest absolute Gasteiger partial charge is 0.330 e. The molecule has 3 aromatic rings. The molecule has 3 rings (SSSR count). The number of aryl methyl sites for hydroxylation is 2. The molecule has 0 atom stereocenters. The predicted molar refractivity (Wildman–Crippen MR) is 103 cm³/mol. The Balaban J connectivity index is 1.78. The van der Waals surface area contributed by atoms with E-state index in [4.69, 9.17) is 5.73 Å². The molecule has 134 valence electrons. The first-order chi connectivity index (χ1) is 12.7. The third-order valence-corrected chi connectivity index (χ3v) is 4.19. The van der Waals surface area contributed by atoms with E-state index in [1.165, 1.54) is 0 Å². The first-order valence-electron chi connectivity index (χ1n) is 8.75. The van der Waals surface area contributed by atoms with Gasteiger partial charge in [-0.2, -0.15) is 0 Å². The summed E-state index contributed by atoms with van der Waals surface area (Å²) < 4.78 is 1.81. The Kier molecular flexibility index (Phi) is 5.76. The van der Waals surface area contributed by atoms with Crippen molar-refractivity contribution >= 4 is 11.6 Å². The monoisotopic (exact) mass is 349 g/mol.